The standard InChI is InChI=1S/C9H8Cl2N2O/c1-12-8-4-6(10)7(11)5-9(8)13-2-3-14/h3-5,13H,1-2H2. The summed E-state index contributed by atoms with van der Waals surface area (Å²) in [7, 11) is 0. The van der Waals surface area contributed by atoms with Crippen LogP contribution in [0.25, 0.3) is 0 Å². The van der Waals surface area contributed by atoms with Crippen LogP contribution in [0.4, 0.5) is 11.4 Å². The number of hydrogen-bond donors (Lipinski definition) is 1. The molecule has 3 nitrogen and oxygen atoms in total. The lowest BCUT2D eigenvalue weighted by atomic mass is 10.2. The third-order valence-corrected chi connectivity index (χ3v) is 2.31. The topological polar surface area (TPSA) is 41.5 Å². The van der Waals surface area contributed by atoms with E-state index in [4.69, 9.17) is 23.2 Å². The molecular formula is C9H8Cl2N2O. The van der Waals surface area contributed by atoms with Crippen LogP contribution in [0.1, 0.15) is 0 Å². The highest BCUT2D eigenvalue weighted by Crippen LogP contribution is 2.33. The molecule has 0 aromatic heterocycles. The van der Waals surface area contributed by atoms with E-state index < -0.39 is 0 Å². The molecule has 0 unspecified atom stereocenters. The predicted octanol–water partition coefficient (Wildman–Crippen LogP) is 2.94. The molecule has 1 N–H and O–H groups in total. The minimum absolute atomic E-state index is 0.195. The molecule has 0 amide bonds. The smallest absolute Gasteiger partial charge is 0.139 e. The average molecular weight is 231 g/mol. The first-order valence-electron chi connectivity index (χ1n) is 3.82. The lowest BCUT2D eigenvalue weighted by Crippen LogP contribution is -2.02. The first kappa shape index (κ1) is 11.0. The van der Waals surface area contributed by atoms with Crippen LogP contribution in [0.15, 0.2) is 17.1 Å². The number of aldehydes is 1. The highest BCUT2D eigenvalue weighted by molar-refractivity contribution is 6.42. The first-order chi connectivity index (χ1) is 6.69. The lowest BCUT2D eigenvalue weighted by Gasteiger charge is -2.07. The van der Waals surface area contributed by atoms with Crippen molar-refractivity contribution in [1.82, 2.24) is 0 Å². The van der Waals surface area contributed by atoms with Crippen molar-refractivity contribution in [1.29, 1.82) is 0 Å². The number of hydrogen-bond acceptors (Lipinski definition) is 3. The Morgan fingerprint density at radius 3 is 2.64 bits per heavy atom. The average Bonchev–Trinajstić information content (AvgIpc) is 2.19. The number of nitrogens with one attached hydrogen (secondary N) is 1. The number of carbonyl (C=O) groups excluding carboxylic acids is 1. The number of nitrogens with zero attached hydrogens (tertiary/aromatic N) is 1. The quantitative estimate of drug-likeness (QED) is 0.639. The maximum Gasteiger partial charge on any atom is 0.139 e. The van der Waals surface area contributed by atoms with E-state index in [1.807, 2.05) is 0 Å². The van der Waals surface area contributed by atoms with E-state index in [0.29, 0.717) is 21.4 Å². The third kappa shape index (κ3) is 2.47. The van der Waals surface area contributed by atoms with Crippen molar-refractivity contribution < 1.29 is 4.79 Å². The fourth-order valence-corrected chi connectivity index (χ4v) is 1.28. The molecule has 0 bridgehead atoms. The van der Waals surface area contributed by atoms with E-state index in [0.717, 1.165) is 6.29 Å². The van der Waals surface area contributed by atoms with Gasteiger partial charge in [0.05, 0.1) is 28.0 Å². The molecule has 1 aromatic carbocycles. The van der Waals surface area contributed by atoms with Crippen LogP contribution in [0, 0.1) is 0 Å². The van der Waals surface area contributed by atoms with Gasteiger partial charge in [0.2, 0.25) is 0 Å². The summed E-state index contributed by atoms with van der Waals surface area (Å²) in [5.74, 6) is 0. The normalized spacial score (nSPS) is 9.57. The van der Waals surface area contributed by atoms with Crippen LogP contribution in [0.5, 0.6) is 0 Å². The van der Waals surface area contributed by atoms with E-state index in [2.05, 4.69) is 17.0 Å². The largest absolute Gasteiger partial charge is 0.376 e. The van der Waals surface area contributed by atoms with Crippen molar-refractivity contribution in [3.8, 4) is 0 Å². The van der Waals surface area contributed by atoms with E-state index in [9.17, 15) is 4.79 Å². The van der Waals surface area contributed by atoms with Crippen molar-refractivity contribution in [3.05, 3.63) is 22.2 Å². The number of anilines is 1. The van der Waals surface area contributed by atoms with Crippen LogP contribution in [0.2, 0.25) is 10.0 Å². The maximum atomic E-state index is 10.2. The molecule has 0 spiro atoms. The number of carbonyl (C=O) groups is 1. The molecule has 0 fully saturated rings. The molecule has 0 saturated heterocycles. The SMILES string of the molecule is C=Nc1cc(Cl)c(Cl)cc1NCC=O. The van der Waals surface area contributed by atoms with Crippen LogP contribution in [0.3, 0.4) is 0 Å². The first-order valence-corrected chi connectivity index (χ1v) is 4.58. The zero-order valence-corrected chi connectivity index (χ0v) is 8.77. The zero-order valence-electron chi connectivity index (χ0n) is 7.26. The number of aliphatic imine (C=N–C) groups is 1. The zero-order chi connectivity index (χ0) is 10.6. The molecule has 0 atom stereocenters. The molecule has 0 aliphatic carbocycles. The molecule has 0 heterocycles. The van der Waals surface area contributed by atoms with Crippen molar-refractivity contribution in [2.45, 2.75) is 0 Å². The summed E-state index contributed by atoms with van der Waals surface area (Å²) in [4.78, 5) is 13.9. The maximum absolute atomic E-state index is 10.2. The molecule has 14 heavy (non-hydrogen) atoms. The summed E-state index contributed by atoms with van der Waals surface area (Å²) in [6.45, 7) is 3.59. The highest BCUT2D eigenvalue weighted by Gasteiger charge is 2.05. The molecular weight excluding hydrogens is 223 g/mol. The minimum Gasteiger partial charge on any atom is -0.376 e. The van der Waals surface area contributed by atoms with E-state index in [1.165, 1.54) is 0 Å². The van der Waals surface area contributed by atoms with Gasteiger partial charge in [-0.2, -0.15) is 0 Å². The summed E-state index contributed by atoms with van der Waals surface area (Å²) in [6.07, 6.45) is 0.745. The van der Waals surface area contributed by atoms with Gasteiger partial charge >= 0.3 is 0 Å². The van der Waals surface area contributed by atoms with Gasteiger partial charge in [-0.1, -0.05) is 23.2 Å². The second-order valence-corrected chi connectivity index (χ2v) is 3.30. The van der Waals surface area contributed by atoms with Crippen LogP contribution in [-0.4, -0.2) is 19.5 Å². The van der Waals surface area contributed by atoms with Crippen LogP contribution < -0.4 is 5.32 Å². The molecule has 5 heteroatoms. The van der Waals surface area contributed by atoms with Crippen molar-refractivity contribution in [2.75, 3.05) is 11.9 Å². The highest BCUT2D eigenvalue weighted by atomic mass is 35.5. The van der Waals surface area contributed by atoms with Crippen molar-refractivity contribution in [3.63, 3.8) is 0 Å². The summed E-state index contributed by atoms with van der Waals surface area (Å²) in [6, 6.07) is 3.20. The van der Waals surface area contributed by atoms with E-state index >= 15 is 0 Å². The molecule has 0 saturated carbocycles. The second kappa shape index (κ2) is 4.98. The monoisotopic (exact) mass is 230 g/mol. The summed E-state index contributed by atoms with van der Waals surface area (Å²) < 4.78 is 0. The van der Waals surface area contributed by atoms with Gasteiger partial charge in [0.1, 0.15) is 6.29 Å². The summed E-state index contributed by atoms with van der Waals surface area (Å²) in [5, 5.41) is 3.65. The summed E-state index contributed by atoms with van der Waals surface area (Å²) >= 11 is 11.6. The predicted molar refractivity (Wildman–Crippen MR) is 60.2 cm³/mol. The van der Waals surface area contributed by atoms with Gasteiger partial charge in [-0.3, -0.25) is 4.99 Å². The Morgan fingerprint density at radius 2 is 2.07 bits per heavy atom. The van der Waals surface area contributed by atoms with Gasteiger partial charge in [0.25, 0.3) is 0 Å². The van der Waals surface area contributed by atoms with Gasteiger partial charge in [-0.05, 0) is 18.9 Å². The molecule has 74 valence electrons. The molecule has 1 rings (SSSR count). The fraction of sp³-hybridized carbons (Fsp3) is 0.111. The molecule has 0 radical (unpaired) electrons. The van der Waals surface area contributed by atoms with E-state index in [1.54, 1.807) is 12.1 Å². The Hall–Kier alpha value is -1.06. The van der Waals surface area contributed by atoms with Gasteiger partial charge in [0.15, 0.2) is 0 Å². The molecule has 0 aliphatic heterocycles. The Morgan fingerprint density at radius 1 is 1.43 bits per heavy atom. The van der Waals surface area contributed by atoms with Gasteiger partial charge in [-0.15, -0.1) is 0 Å². The third-order valence-electron chi connectivity index (χ3n) is 1.58. The van der Waals surface area contributed by atoms with Gasteiger partial charge in [-0.25, -0.2) is 0 Å². The number of rotatable bonds is 4. The van der Waals surface area contributed by atoms with Crippen LogP contribution >= 0.6 is 23.2 Å². The summed E-state index contributed by atoms with van der Waals surface area (Å²) in [5.41, 5.74) is 1.21. The fourth-order valence-electron chi connectivity index (χ4n) is 0.960. The Bertz CT molecular complexity index is 366. The molecule has 1 aromatic rings. The molecule has 0 aliphatic rings. The number of benzene rings is 1. The van der Waals surface area contributed by atoms with Crippen molar-refractivity contribution in [2.24, 2.45) is 4.99 Å². The Balaban J connectivity index is 3.06. The van der Waals surface area contributed by atoms with E-state index in [-0.39, 0.29) is 6.54 Å². The van der Waals surface area contributed by atoms with Crippen molar-refractivity contribution >= 4 is 47.6 Å². The Kier molecular flexibility index (Phi) is 3.92. The van der Waals surface area contributed by atoms with Crippen LogP contribution in [-0.2, 0) is 4.79 Å². The van der Waals surface area contributed by atoms with Gasteiger partial charge in [0, 0.05) is 0 Å². The lowest BCUT2D eigenvalue weighted by molar-refractivity contribution is -0.106. The second-order valence-electron chi connectivity index (χ2n) is 2.49. The number of halogens is 2. The Labute approximate surface area is 91.7 Å². The van der Waals surface area contributed by atoms with Gasteiger partial charge < -0.3 is 10.1 Å². The minimum atomic E-state index is 0.195.